The van der Waals surface area contributed by atoms with Crippen molar-refractivity contribution in [1.29, 1.82) is 5.41 Å². The molecule has 3 nitrogen and oxygen atoms in total. The number of anilines is 1. The molecule has 1 radical (unpaired) electrons. The standard InChI is InChI=1S/C6H8N3S/c1-4-5(2-3-10-4)9-6(7)8/h2-3H,1H2,(H4,7,8,9). The minimum absolute atomic E-state index is 0.0525. The minimum atomic E-state index is -0.0525. The predicted octanol–water partition coefficient (Wildman–Crippen LogP) is 1.24. The van der Waals surface area contributed by atoms with Gasteiger partial charge in [0.05, 0.1) is 5.69 Å². The highest BCUT2D eigenvalue weighted by Crippen LogP contribution is 2.19. The van der Waals surface area contributed by atoms with Crippen molar-refractivity contribution in [2.45, 2.75) is 0 Å². The molecule has 0 saturated carbocycles. The Bertz CT molecular complexity index is 241. The van der Waals surface area contributed by atoms with Crippen LogP contribution in [0.3, 0.4) is 0 Å². The van der Waals surface area contributed by atoms with Gasteiger partial charge in [-0.25, -0.2) is 0 Å². The van der Waals surface area contributed by atoms with Crippen LogP contribution in [0.5, 0.6) is 0 Å². The van der Waals surface area contributed by atoms with Gasteiger partial charge >= 0.3 is 0 Å². The molecule has 10 heavy (non-hydrogen) atoms. The van der Waals surface area contributed by atoms with Crippen LogP contribution < -0.4 is 11.1 Å². The molecule has 0 spiro atoms. The van der Waals surface area contributed by atoms with Crippen LogP contribution >= 0.6 is 11.3 Å². The van der Waals surface area contributed by atoms with Gasteiger partial charge in [0.15, 0.2) is 5.96 Å². The molecule has 4 heteroatoms. The molecule has 0 saturated heterocycles. The van der Waals surface area contributed by atoms with Crippen LogP contribution in [0, 0.1) is 12.3 Å². The lowest BCUT2D eigenvalue weighted by atomic mass is 10.4. The summed E-state index contributed by atoms with van der Waals surface area (Å²) >= 11 is 1.52. The summed E-state index contributed by atoms with van der Waals surface area (Å²) in [6, 6.07) is 1.84. The predicted molar refractivity (Wildman–Crippen MR) is 44.3 cm³/mol. The lowest BCUT2D eigenvalue weighted by Crippen LogP contribution is -2.20. The van der Waals surface area contributed by atoms with E-state index >= 15 is 0 Å². The Hall–Kier alpha value is -1.03. The third-order valence-electron chi connectivity index (χ3n) is 1.01. The summed E-state index contributed by atoms with van der Waals surface area (Å²) < 4.78 is 0. The van der Waals surface area contributed by atoms with E-state index in [-0.39, 0.29) is 5.96 Å². The lowest BCUT2D eigenvalue weighted by Gasteiger charge is -1.99. The third kappa shape index (κ3) is 1.48. The number of rotatable bonds is 1. The molecule has 0 aliphatic heterocycles. The van der Waals surface area contributed by atoms with Gasteiger partial charge in [-0.2, -0.15) is 0 Å². The number of nitrogens with two attached hydrogens (primary N) is 1. The van der Waals surface area contributed by atoms with E-state index in [1.54, 1.807) is 0 Å². The van der Waals surface area contributed by atoms with Crippen LogP contribution in [0.25, 0.3) is 0 Å². The molecule has 1 aromatic rings. The Morgan fingerprint density at radius 1 is 1.80 bits per heavy atom. The summed E-state index contributed by atoms with van der Waals surface area (Å²) in [7, 11) is 0. The Morgan fingerprint density at radius 2 is 2.50 bits per heavy atom. The van der Waals surface area contributed by atoms with Crippen molar-refractivity contribution in [1.82, 2.24) is 0 Å². The molecule has 0 aliphatic rings. The van der Waals surface area contributed by atoms with E-state index in [2.05, 4.69) is 12.2 Å². The van der Waals surface area contributed by atoms with Crippen molar-refractivity contribution in [2.75, 3.05) is 5.32 Å². The maximum absolute atomic E-state index is 6.91. The first-order valence-corrected chi connectivity index (χ1v) is 3.58. The topological polar surface area (TPSA) is 61.9 Å². The molecule has 0 bridgehead atoms. The fourth-order valence-corrected chi connectivity index (χ4v) is 1.21. The van der Waals surface area contributed by atoms with Gasteiger partial charge in [-0.1, -0.05) is 0 Å². The molecule has 0 amide bonds. The van der Waals surface area contributed by atoms with Crippen molar-refractivity contribution < 1.29 is 0 Å². The van der Waals surface area contributed by atoms with E-state index in [0.29, 0.717) is 0 Å². The average molecular weight is 154 g/mol. The van der Waals surface area contributed by atoms with Crippen molar-refractivity contribution in [3.8, 4) is 0 Å². The number of hydrogen-bond donors (Lipinski definition) is 3. The van der Waals surface area contributed by atoms with Gasteiger partial charge in [-0.3, -0.25) is 5.41 Å². The molecular weight excluding hydrogens is 146 g/mol. The third-order valence-corrected chi connectivity index (χ3v) is 1.79. The van der Waals surface area contributed by atoms with E-state index in [4.69, 9.17) is 11.1 Å². The second-order valence-corrected chi connectivity index (χ2v) is 2.80. The van der Waals surface area contributed by atoms with Gasteiger partial charge in [0.1, 0.15) is 0 Å². The highest BCUT2D eigenvalue weighted by atomic mass is 32.1. The summed E-state index contributed by atoms with van der Waals surface area (Å²) in [5.41, 5.74) is 5.92. The summed E-state index contributed by atoms with van der Waals surface area (Å²) in [4.78, 5) is 0.898. The van der Waals surface area contributed by atoms with Crippen LogP contribution in [-0.4, -0.2) is 5.96 Å². The van der Waals surface area contributed by atoms with E-state index in [0.717, 1.165) is 10.6 Å². The Kier molecular flexibility index (Phi) is 1.91. The Balaban J connectivity index is 2.74. The second kappa shape index (κ2) is 2.70. The minimum Gasteiger partial charge on any atom is -0.370 e. The average Bonchev–Trinajstić information content (AvgIpc) is 2.15. The molecule has 0 aliphatic carbocycles. The zero-order chi connectivity index (χ0) is 7.56. The number of hydrogen-bond acceptors (Lipinski definition) is 2. The smallest absolute Gasteiger partial charge is 0.190 e. The SMILES string of the molecule is [CH2]c1sccc1NC(=N)N. The number of nitrogens with one attached hydrogen (secondary N) is 2. The maximum atomic E-state index is 6.91. The van der Waals surface area contributed by atoms with Crippen LogP contribution in [0.4, 0.5) is 5.69 Å². The molecule has 1 aromatic heterocycles. The van der Waals surface area contributed by atoms with Crippen molar-refractivity contribution in [2.24, 2.45) is 5.73 Å². The normalized spacial score (nSPS) is 9.30. The molecule has 4 N–H and O–H groups in total. The highest BCUT2D eigenvalue weighted by Gasteiger charge is 1.97. The van der Waals surface area contributed by atoms with Crippen molar-refractivity contribution in [3.05, 3.63) is 23.2 Å². The fourth-order valence-electron chi connectivity index (χ4n) is 0.597. The van der Waals surface area contributed by atoms with Gasteiger partial charge in [0.2, 0.25) is 0 Å². The van der Waals surface area contributed by atoms with Crippen LogP contribution in [0.2, 0.25) is 0 Å². The molecule has 1 heterocycles. The first-order valence-electron chi connectivity index (χ1n) is 2.70. The van der Waals surface area contributed by atoms with E-state index < -0.39 is 0 Å². The summed E-state index contributed by atoms with van der Waals surface area (Å²) in [5, 5.41) is 11.5. The molecule has 0 aromatic carbocycles. The Morgan fingerprint density at radius 3 is 2.90 bits per heavy atom. The van der Waals surface area contributed by atoms with E-state index in [1.807, 2.05) is 11.4 Å². The van der Waals surface area contributed by atoms with E-state index in [1.165, 1.54) is 11.3 Å². The van der Waals surface area contributed by atoms with Gasteiger partial charge in [-0.15, -0.1) is 11.3 Å². The quantitative estimate of drug-likeness (QED) is 0.421. The first kappa shape index (κ1) is 7.08. The summed E-state index contributed by atoms with van der Waals surface area (Å²) in [5.74, 6) is -0.0525. The van der Waals surface area contributed by atoms with E-state index in [9.17, 15) is 0 Å². The zero-order valence-electron chi connectivity index (χ0n) is 5.35. The van der Waals surface area contributed by atoms with Crippen LogP contribution in [0.15, 0.2) is 11.4 Å². The van der Waals surface area contributed by atoms with Gasteiger partial charge in [0, 0.05) is 4.88 Å². The molecule has 1 rings (SSSR count). The largest absolute Gasteiger partial charge is 0.370 e. The van der Waals surface area contributed by atoms with Gasteiger partial charge in [0.25, 0.3) is 0 Å². The van der Waals surface area contributed by atoms with Crippen LogP contribution in [-0.2, 0) is 0 Å². The Labute approximate surface area is 63.4 Å². The van der Waals surface area contributed by atoms with Crippen molar-refractivity contribution >= 4 is 23.0 Å². The molecular formula is C6H8N3S. The monoisotopic (exact) mass is 154 g/mol. The molecule has 0 unspecified atom stereocenters. The molecule has 53 valence electrons. The van der Waals surface area contributed by atoms with Gasteiger partial charge in [-0.05, 0) is 18.4 Å². The van der Waals surface area contributed by atoms with Crippen molar-refractivity contribution in [3.63, 3.8) is 0 Å². The highest BCUT2D eigenvalue weighted by molar-refractivity contribution is 7.10. The number of guanidine groups is 1. The summed E-state index contributed by atoms with van der Waals surface area (Å²) in [6.45, 7) is 3.74. The second-order valence-electron chi connectivity index (χ2n) is 1.80. The zero-order valence-corrected chi connectivity index (χ0v) is 6.16. The fraction of sp³-hybridized carbons (Fsp3) is 0. The molecule has 0 fully saturated rings. The van der Waals surface area contributed by atoms with Gasteiger partial charge < -0.3 is 11.1 Å². The first-order chi connectivity index (χ1) is 4.70. The maximum Gasteiger partial charge on any atom is 0.190 e. The van der Waals surface area contributed by atoms with Crippen LogP contribution in [0.1, 0.15) is 4.88 Å². The number of thiophene rings is 1. The summed E-state index contributed by atoms with van der Waals surface area (Å²) in [6.07, 6.45) is 0. The lowest BCUT2D eigenvalue weighted by molar-refractivity contribution is 1.41. The molecule has 0 atom stereocenters.